The van der Waals surface area contributed by atoms with Crippen LogP contribution in [0.3, 0.4) is 0 Å². The van der Waals surface area contributed by atoms with E-state index in [1.807, 2.05) is 13.0 Å². The van der Waals surface area contributed by atoms with Crippen LogP contribution in [-0.2, 0) is 9.53 Å². The normalized spacial score (nSPS) is 34.5. The maximum Gasteiger partial charge on any atom is 0.311 e. The molecule has 0 aromatic carbocycles. The van der Waals surface area contributed by atoms with Gasteiger partial charge in [0.05, 0.1) is 12.5 Å². The van der Waals surface area contributed by atoms with Gasteiger partial charge in [0, 0.05) is 0 Å². The molecule has 62 valence electrons. The van der Waals surface area contributed by atoms with E-state index >= 15 is 0 Å². The van der Waals surface area contributed by atoms with Crippen LogP contribution < -0.4 is 0 Å². The summed E-state index contributed by atoms with van der Waals surface area (Å²) in [5.74, 6) is 0.386. The van der Waals surface area contributed by atoms with Crippen molar-refractivity contribution in [2.24, 2.45) is 11.3 Å². The van der Waals surface area contributed by atoms with Crippen LogP contribution in [-0.4, -0.2) is 13.1 Å². The lowest BCUT2D eigenvalue weighted by molar-refractivity contribution is -0.146. The fourth-order valence-corrected chi connectivity index (χ4v) is 1.48. The van der Waals surface area contributed by atoms with Crippen LogP contribution in [0.5, 0.6) is 0 Å². The second kappa shape index (κ2) is 2.68. The number of esters is 1. The van der Waals surface area contributed by atoms with Crippen LogP contribution in [0.1, 0.15) is 19.8 Å². The first-order valence-electron chi connectivity index (χ1n) is 3.84. The average molecular weight is 154 g/mol. The van der Waals surface area contributed by atoms with Crippen molar-refractivity contribution in [1.29, 1.82) is 0 Å². The van der Waals surface area contributed by atoms with Crippen molar-refractivity contribution in [2.45, 2.75) is 19.8 Å². The number of hydrogen-bond donors (Lipinski definition) is 0. The van der Waals surface area contributed by atoms with Crippen molar-refractivity contribution in [3.8, 4) is 0 Å². The van der Waals surface area contributed by atoms with Crippen LogP contribution >= 0.6 is 0 Å². The molecule has 0 aromatic heterocycles. The minimum Gasteiger partial charge on any atom is -0.469 e. The summed E-state index contributed by atoms with van der Waals surface area (Å²) in [4.78, 5) is 11.1. The highest BCUT2D eigenvalue weighted by atomic mass is 16.5. The molecule has 1 aliphatic carbocycles. The summed E-state index contributed by atoms with van der Waals surface area (Å²) in [5.41, 5.74) is -0.205. The van der Waals surface area contributed by atoms with Gasteiger partial charge in [0.2, 0.25) is 0 Å². The van der Waals surface area contributed by atoms with Crippen molar-refractivity contribution in [3.05, 3.63) is 12.7 Å². The molecule has 2 atom stereocenters. The largest absolute Gasteiger partial charge is 0.469 e. The highest BCUT2D eigenvalue weighted by Crippen LogP contribution is 2.54. The van der Waals surface area contributed by atoms with Gasteiger partial charge in [0.25, 0.3) is 0 Å². The van der Waals surface area contributed by atoms with E-state index in [1.165, 1.54) is 7.11 Å². The van der Waals surface area contributed by atoms with Gasteiger partial charge in [-0.25, -0.2) is 0 Å². The van der Waals surface area contributed by atoms with Gasteiger partial charge in [-0.15, -0.1) is 6.58 Å². The van der Waals surface area contributed by atoms with Crippen LogP contribution in [0.4, 0.5) is 0 Å². The lowest BCUT2D eigenvalue weighted by Crippen LogP contribution is -2.15. The maximum atomic E-state index is 11.1. The van der Waals surface area contributed by atoms with E-state index in [4.69, 9.17) is 0 Å². The molecule has 1 rings (SSSR count). The first-order chi connectivity index (χ1) is 5.15. The quantitative estimate of drug-likeness (QED) is 0.457. The second-order valence-corrected chi connectivity index (χ2v) is 3.33. The predicted molar refractivity (Wildman–Crippen MR) is 43.0 cm³/mol. The van der Waals surface area contributed by atoms with Gasteiger partial charge in [0.1, 0.15) is 0 Å². The number of hydrogen-bond acceptors (Lipinski definition) is 2. The number of ether oxygens (including phenoxy) is 1. The monoisotopic (exact) mass is 154 g/mol. The highest BCUT2D eigenvalue weighted by molar-refractivity contribution is 5.80. The number of carbonyl (C=O) groups is 1. The Morgan fingerprint density at radius 3 is 3.00 bits per heavy atom. The minimum atomic E-state index is -0.205. The Morgan fingerprint density at radius 2 is 2.55 bits per heavy atom. The fraction of sp³-hybridized carbons (Fsp3) is 0.667. The summed E-state index contributed by atoms with van der Waals surface area (Å²) in [5, 5.41) is 0. The Labute approximate surface area is 67.2 Å². The fourth-order valence-electron chi connectivity index (χ4n) is 1.48. The highest BCUT2D eigenvalue weighted by Gasteiger charge is 2.55. The van der Waals surface area contributed by atoms with E-state index in [0.29, 0.717) is 5.92 Å². The van der Waals surface area contributed by atoms with Crippen LogP contribution in [0.2, 0.25) is 0 Å². The number of rotatable bonds is 3. The zero-order chi connectivity index (χ0) is 8.48. The van der Waals surface area contributed by atoms with Gasteiger partial charge in [-0.1, -0.05) is 6.08 Å². The van der Waals surface area contributed by atoms with Gasteiger partial charge in [-0.3, -0.25) is 4.79 Å². The molecule has 0 spiro atoms. The number of allylic oxidation sites excluding steroid dienone is 1. The zero-order valence-electron chi connectivity index (χ0n) is 7.09. The van der Waals surface area contributed by atoms with Crippen LogP contribution in [0.15, 0.2) is 12.7 Å². The Hall–Kier alpha value is -0.790. The Balaban J connectivity index is 2.48. The topological polar surface area (TPSA) is 26.3 Å². The van der Waals surface area contributed by atoms with Crippen molar-refractivity contribution in [3.63, 3.8) is 0 Å². The van der Waals surface area contributed by atoms with E-state index < -0.39 is 0 Å². The van der Waals surface area contributed by atoms with E-state index in [0.717, 1.165) is 12.8 Å². The molecule has 0 aromatic rings. The number of carbonyl (C=O) groups excluding carboxylic acids is 1. The van der Waals surface area contributed by atoms with E-state index in [1.54, 1.807) is 0 Å². The molecule has 1 saturated carbocycles. The van der Waals surface area contributed by atoms with Crippen LogP contribution in [0, 0.1) is 11.3 Å². The molecule has 0 saturated heterocycles. The summed E-state index contributed by atoms with van der Waals surface area (Å²) < 4.78 is 4.68. The molecule has 1 fully saturated rings. The molecular weight excluding hydrogens is 140 g/mol. The molecule has 0 heterocycles. The van der Waals surface area contributed by atoms with Gasteiger partial charge in [-0.05, 0) is 25.7 Å². The van der Waals surface area contributed by atoms with Gasteiger partial charge in [0.15, 0.2) is 0 Å². The number of methoxy groups -OCH3 is 1. The van der Waals surface area contributed by atoms with Crippen LogP contribution in [0.25, 0.3) is 0 Å². The average Bonchev–Trinajstić information content (AvgIpc) is 2.63. The van der Waals surface area contributed by atoms with E-state index in [9.17, 15) is 4.79 Å². The van der Waals surface area contributed by atoms with Gasteiger partial charge >= 0.3 is 5.97 Å². The Morgan fingerprint density at radius 1 is 1.91 bits per heavy atom. The lowest BCUT2D eigenvalue weighted by Gasteiger charge is -2.06. The molecule has 2 heteroatoms. The third kappa shape index (κ3) is 1.30. The van der Waals surface area contributed by atoms with Crippen molar-refractivity contribution < 1.29 is 9.53 Å². The van der Waals surface area contributed by atoms with Crippen molar-refractivity contribution in [2.75, 3.05) is 7.11 Å². The summed E-state index contributed by atoms with van der Waals surface area (Å²) in [6, 6.07) is 0. The molecule has 0 aliphatic heterocycles. The van der Waals surface area contributed by atoms with E-state index in [2.05, 4.69) is 11.3 Å². The zero-order valence-corrected chi connectivity index (χ0v) is 7.09. The second-order valence-electron chi connectivity index (χ2n) is 3.33. The molecule has 0 bridgehead atoms. The molecule has 0 N–H and O–H groups in total. The first-order valence-corrected chi connectivity index (χ1v) is 3.84. The maximum absolute atomic E-state index is 11.1. The summed E-state index contributed by atoms with van der Waals surface area (Å²) in [6.45, 7) is 5.59. The van der Waals surface area contributed by atoms with Gasteiger partial charge in [-0.2, -0.15) is 0 Å². The molecule has 0 amide bonds. The smallest absolute Gasteiger partial charge is 0.311 e. The minimum absolute atomic E-state index is 0.0793. The molecule has 11 heavy (non-hydrogen) atoms. The summed E-state index contributed by atoms with van der Waals surface area (Å²) >= 11 is 0. The molecular formula is C9H14O2. The molecule has 1 aliphatic rings. The van der Waals surface area contributed by atoms with Gasteiger partial charge < -0.3 is 4.74 Å². The summed E-state index contributed by atoms with van der Waals surface area (Å²) in [7, 11) is 1.44. The molecule has 0 unspecified atom stereocenters. The molecule has 2 nitrogen and oxygen atoms in total. The Kier molecular flexibility index (Phi) is 2.03. The summed E-state index contributed by atoms with van der Waals surface area (Å²) in [6.07, 6.45) is 3.73. The standard InChI is InChI=1S/C9H14O2/c1-4-5-7-6-9(7,2)8(10)11-3/h4,7H,1,5-6H2,2-3H3/t7-,9+/m1/s1. The Bertz CT molecular complexity index is 186. The third-order valence-electron chi connectivity index (χ3n) is 2.51. The molecule has 0 radical (unpaired) electrons. The third-order valence-corrected chi connectivity index (χ3v) is 2.51. The predicted octanol–water partition coefficient (Wildman–Crippen LogP) is 1.76. The SMILES string of the molecule is C=CC[C@@H]1C[C@]1(C)C(=O)OC. The first kappa shape index (κ1) is 8.31. The van der Waals surface area contributed by atoms with Crippen molar-refractivity contribution >= 4 is 5.97 Å². The van der Waals surface area contributed by atoms with Crippen molar-refractivity contribution in [1.82, 2.24) is 0 Å². The lowest BCUT2D eigenvalue weighted by atomic mass is 10.1. The van der Waals surface area contributed by atoms with E-state index in [-0.39, 0.29) is 11.4 Å².